The van der Waals surface area contributed by atoms with Crippen molar-refractivity contribution in [3.8, 4) is 11.5 Å². The predicted molar refractivity (Wildman–Crippen MR) is 78.5 cm³/mol. The maximum absolute atomic E-state index is 11.5. The first-order chi connectivity index (χ1) is 10.4. The van der Waals surface area contributed by atoms with E-state index in [0.29, 0.717) is 15.8 Å². The molecular formula is C13H11BrN2O6. The lowest BCUT2D eigenvalue weighted by Gasteiger charge is -2.11. The summed E-state index contributed by atoms with van der Waals surface area (Å²) in [4.78, 5) is 33.1. The number of urea groups is 1. The quantitative estimate of drug-likeness (QED) is 0.528. The molecule has 0 radical (unpaired) electrons. The zero-order valence-electron chi connectivity index (χ0n) is 11.3. The van der Waals surface area contributed by atoms with Gasteiger partial charge in [0.2, 0.25) is 0 Å². The van der Waals surface area contributed by atoms with E-state index in [9.17, 15) is 14.4 Å². The van der Waals surface area contributed by atoms with E-state index in [1.165, 1.54) is 19.3 Å². The molecule has 0 aromatic heterocycles. The molecule has 116 valence electrons. The summed E-state index contributed by atoms with van der Waals surface area (Å²) in [5.74, 6) is -1.13. The molecule has 8 nitrogen and oxygen atoms in total. The maximum Gasteiger partial charge on any atom is 0.341 e. The van der Waals surface area contributed by atoms with Crippen LogP contribution in [0.4, 0.5) is 4.79 Å². The monoisotopic (exact) mass is 370 g/mol. The molecule has 0 unspecified atom stereocenters. The number of halogens is 1. The highest BCUT2D eigenvalue weighted by Crippen LogP contribution is 2.34. The summed E-state index contributed by atoms with van der Waals surface area (Å²) in [6.45, 7) is -0.512. The van der Waals surface area contributed by atoms with Gasteiger partial charge in [-0.2, -0.15) is 0 Å². The average Bonchev–Trinajstić information content (AvgIpc) is 2.76. The number of aliphatic carboxylic acids is 1. The molecule has 0 spiro atoms. The molecular weight excluding hydrogens is 360 g/mol. The number of hydrogen-bond donors (Lipinski definition) is 3. The summed E-state index contributed by atoms with van der Waals surface area (Å²) in [5, 5.41) is 13.1. The number of rotatable bonds is 5. The molecule has 1 saturated heterocycles. The largest absolute Gasteiger partial charge is 0.493 e. The fourth-order valence-electron chi connectivity index (χ4n) is 1.71. The lowest BCUT2D eigenvalue weighted by Crippen LogP contribution is -2.22. The molecule has 0 saturated carbocycles. The molecule has 1 aromatic rings. The Morgan fingerprint density at radius 2 is 2.05 bits per heavy atom. The van der Waals surface area contributed by atoms with Crippen molar-refractivity contribution in [1.29, 1.82) is 0 Å². The van der Waals surface area contributed by atoms with Gasteiger partial charge in [-0.15, -0.1) is 0 Å². The minimum Gasteiger partial charge on any atom is -0.493 e. The van der Waals surface area contributed by atoms with Crippen LogP contribution in [0.25, 0.3) is 6.08 Å². The molecule has 1 aliphatic rings. The number of methoxy groups -OCH3 is 1. The second-order valence-electron chi connectivity index (χ2n) is 4.17. The normalized spacial score (nSPS) is 15.5. The standard InChI is InChI=1S/C13H11BrN2O6/c1-21-9-3-6(2-8-12(19)16-13(20)15-8)7(14)4-10(9)22-5-11(17)18/h2-4H,5H2,1H3,(H,17,18)(H2,15,16,19,20)/b8-2+. The van der Waals surface area contributed by atoms with Crippen LogP contribution in [0.15, 0.2) is 22.3 Å². The molecule has 0 atom stereocenters. The lowest BCUT2D eigenvalue weighted by molar-refractivity contribution is -0.139. The number of carboxylic acid groups (broad SMARTS) is 1. The molecule has 1 aromatic carbocycles. The topological polar surface area (TPSA) is 114 Å². The number of amides is 3. The van der Waals surface area contributed by atoms with Crippen LogP contribution in [0.5, 0.6) is 11.5 Å². The third kappa shape index (κ3) is 3.55. The first-order valence-electron chi connectivity index (χ1n) is 5.97. The van der Waals surface area contributed by atoms with Crippen molar-refractivity contribution < 1.29 is 29.0 Å². The number of carboxylic acids is 1. The van der Waals surface area contributed by atoms with E-state index >= 15 is 0 Å². The van der Waals surface area contributed by atoms with Crippen LogP contribution in [0.2, 0.25) is 0 Å². The van der Waals surface area contributed by atoms with Crippen LogP contribution in [-0.2, 0) is 9.59 Å². The Morgan fingerprint density at radius 3 is 2.59 bits per heavy atom. The smallest absolute Gasteiger partial charge is 0.341 e. The average molecular weight is 371 g/mol. The molecule has 2 rings (SSSR count). The van der Waals surface area contributed by atoms with E-state index in [1.807, 2.05) is 0 Å². The van der Waals surface area contributed by atoms with Gasteiger partial charge in [-0.25, -0.2) is 9.59 Å². The molecule has 9 heteroatoms. The zero-order valence-corrected chi connectivity index (χ0v) is 12.9. The lowest BCUT2D eigenvalue weighted by atomic mass is 10.1. The van der Waals surface area contributed by atoms with Crippen molar-refractivity contribution in [3.05, 3.63) is 27.9 Å². The van der Waals surface area contributed by atoms with E-state index in [2.05, 4.69) is 26.6 Å². The van der Waals surface area contributed by atoms with Crippen molar-refractivity contribution in [2.45, 2.75) is 0 Å². The van der Waals surface area contributed by atoms with Gasteiger partial charge in [0.1, 0.15) is 5.70 Å². The van der Waals surface area contributed by atoms with Crippen molar-refractivity contribution in [1.82, 2.24) is 10.6 Å². The fraction of sp³-hybridized carbons (Fsp3) is 0.154. The first kappa shape index (κ1) is 15.8. The Kier molecular flexibility index (Phi) is 4.66. The van der Waals surface area contributed by atoms with Gasteiger partial charge in [-0.3, -0.25) is 10.1 Å². The summed E-state index contributed by atoms with van der Waals surface area (Å²) in [5.41, 5.74) is 0.638. The molecule has 3 amide bonds. The molecule has 3 N–H and O–H groups in total. The van der Waals surface area contributed by atoms with Gasteiger partial charge in [0.05, 0.1) is 7.11 Å². The van der Waals surface area contributed by atoms with Crippen LogP contribution < -0.4 is 20.1 Å². The fourth-order valence-corrected chi connectivity index (χ4v) is 2.15. The third-order valence-electron chi connectivity index (χ3n) is 2.65. The number of carbonyl (C=O) groups is 3. The van der Waals surface area contributed by atoms with Crippen molar-refractivity contribution in [3.63, 3.8) is 0 Å². The van der Waals surface area contributed by atoms with Crippen molar-refractivity contribution in [2.24, 2.45) is 0 Å². The van der Waals surface area contributed by atoms with Crippen LogP contribution >= 0.6 is 15.9 Å². The number of carbonyl (C=O) groups excluding carboxylic acids is 2. The highest BCUT2D eigenvalue weighted by atomic mass is 79.9. The summed E-state index contributed by atoms with van der Waals surface area (Å²) in [6, 6.07) is 2.47. The second-order valence-corrected chi connectivity index (χ2v) is 5.03. The number of hydrogen-bond acceptors (Lipinski definition) is 5. The van der Waals surface area contributed by atoms with Gasteiger partial charge >= 0.3 is 12.0 Å². The Labute approximate surface area is 133 Å². The van der Waals surface area contributed by atoms with Gasteiger partial charge < -0.3 is 19.9 Å². The van der Waals surface area contributed by atoms with Crippen LogP contribution in [0.3, 0.4) is 0 Å². The van der Waals surface area contributed by atoms with E-state index in [4.69, 9.17) is 14.6 Å². The Hall–Kier alpha value is -2.55. The highest BCUT2D eigenvalue weighted by molar-refractivity contribution is 9.10. The second kappa shape index (κ2) is 6.48. The summed E-state index contributed by atoms with van der Waals surface area (Å²) in [7, 11) is 1.40. The van der Waals surface area contributed by atoms with E-state index in [-0.39, 0.29) is 11.4 Å². The minimum atomic E-state index is -1.12. The number of nitrogens with one attached hydrogen (secondary N) is 2. The maximum atomic E-state index is 11.5. The summed E-state index contributed by atoms with van der Waals surface area (Å²) in [6.07, 6.45) is 1.45. The number of benzene rings is 1. The molecule has 22 heavy (non-hydrogen) atoms. The predicted octanol–water partition coefficient (Wildman–Crippen LogP) is 1.10. The van der Waals surface area contributed by atoms with Gasteiger partial charge in [0, 0.05) is 4.47 Å². The van der Waals surface area contributed by atoms with E-state index in [0.717, 1.165) is 0 Å². The molecule has 0 aliphatic carbocycles. The molecule has 1 fully saturated rings. The number of ether oxygens (including phenoxy) is 2. The minimum absolute atomic E-state index is 0.0898. The number of imide groups is 1. The summed E-state index contributed by atoms with van der Waals surface area (Å²) >= 11 is 3.29. The Morgan fingerprint density at radius 1 is 1.32 bits per heavy atom. The van der Waals surface area contributed by atoms with Crippen LogP contribution in [-0.4, -0.2) is 36.7 Å². The molecule has 1 aliphatic heterocycles. The van der Waals surface area contributed by atoms with Gasteiger partial charge in [0.15, 0.2) is 18.1 Å². The van der Waals surface area contributed by atoms with E-state index < -0.39 is 24.5 Å². The van der Waals surface area contributed by atoms with Crippen LogP contribution in [0.1, 0.15) is 5.56 Å². The third-order valence-corrected chi connectivity index (χ3v) is 3.34. The van der Waals surface area contributed by atoms with Gasteiger partial charge in [-0.1, -0.05) is 15.9 Å². The SMILES string of the molecule is COc1cc(/C=C2/NC(=O)NC2=O)c(Br)cc1OCC(=O)O. The molecule has 1 heterocycles. The van der Waals surface area contributed by atoms with Gasteiger partial charge in [0.25, 0.3) is 5.91 Å². The Bertz CT molecular complexity index is 685. The first-order valence-corrected chi connectivity index (χ1v) is 6.76. The summed E-state index contributed by atoms with van der Waals surface area (Å²) < 4.78 is 10.8. The van der Waals surface area contributed by atoms with Crippen molar-refractivity contribution in [2.75, 3.05) is 13.7 Å². The molecule has 0 bridgehead atoms. The Balaban J connectivity index is 2.34. The van der Waals surface area contributed by atoms with Crippen molar-refractivity contribution >= 4 is 39.9 Å². The zero-order chi connectivity index (χ0) is 16.3. The van der Waals surface area contributed by atoms with Crippen LogP contribution in [0, 0.1) is 0 Å². The highest BCUT2D eigenvalue weighted by Gasteiger charge is 2.23. The van der Waals surface area contributed by atoms with E-state index in [1.54, 1.807) is 6.07 Å². The van der Waals surface area contributed by atoms with Gasteiger partial charge in [-0.05, 0) is 23.8 Å².